The van der Waals surface area contributed by atoms with E-state index in [1.165, 1.54) is 38.6 Å². The van der Waals surface area contributed by atoms with E-state index >= 15 is 0 Å². The number of nitrogens with one attached hydrogen (secondary N) is 1. The molecule has 2 N–H and O–H groups in total. The van der Waals surface area contributed by atoms with E-state index < -0.39 is 0 Å². The van der Waals surface area contributed by atoms with Crippen LogP contribution in [0.1, 0.15) is 59.8 Å². The normalized spacial score (nSPS) is 30.9. The largest absolute Gasteiger partial charge is 0.395 e. The summed E-state index contributed by atoms with van der Waals surface area (Å²) in [5, 5.41) is 13.1. The van der Waals surface area contributed by atoms with E-state index in [1.54, 1.807) is 0 Å². The van der Waals surface area contributed by atoms with Crippen molar-refractivity contribution in [1.29, 1.82) is 0 Å². The summed E-state index contributed by atoms with van der Waals surface area (Å²) in [6, 6.07) is 1.43. The maximum Gasteiger partial charge on any atom is 0.0558 e. The van der Waals surface area contributed by atoms with Crippen molar-refractivity contribution in [2.24, 2.45) is 17.3 Å². The van der Waals surface area contributed by atoms with Crippen LogP contribution in [0.3, 0.4) is 0 Å². The van der Waals surface area contributed by atoms with Gasteiger partial charge in [-0.25, -0.2) is 0 Å². The van der Waals surface area contributed by atoms with Crippen molar-refractivity contribution in [3.8, 4) is 0 Å². The molecule has 0 heterocycles. The molecule has 0 aliphatic heterocycles. The van der Waals surface area contributed by atoms with Gasteiger partial charge in [0.1, 0.15) is 0 Å². The van der Waals surface area contributed by atoms with Crippen LogP contribution in [0.5, 0.6) is 0 Å². The van der Waals surface area contributed by atoms with Crippen molar-refractivity contribution in [2.45, 2.75) is 71.9 Å². The maximum absolute atomic E-state index is 9.34. The van der Waals surface area contributed by atoms with E-state index in [1.807, 2.05) is 0 Å². The van der Waals surface area contributed by atoms with Crippen LogP contribution in [-0.4, -0.2) is 48.3 Å². The molecule has 0 spiro atoms. The minimum Gasteiger partial charge on any atom is -0.395 e. The Morgan fingerprint density at radius 2 is 1.86 bits per heavy atom. The highest BCUT2D eigenvalue weighted by Crippen LogP contribution is 2.41. The van der Waals surface area contributed by atoms with Gasteiger partial charge in [-0.3, -0.25) is 4.90 Å². The van der Waals surface area contributed by atoms with Gasteiger partial charge < -0.3 is 10.4 Å². The lowest BCUT2D eigenvalue weighted by Crippen LogP contribution is -2.48. The second-order valence-electron chi connectivity index (χ2n) is 8.25. The van der Waals surface area contributed by atoms with Gasteiger partial charge in [-0.2, -0.15) is 0 Å². The predicted molar refractivity (Wildman–Crippen MR) is 89.4 cm³/mol. The average Bonchev–Trinajstić information content (AvgIpc) is 3.23. The lowest BCUT2D eigenvalue weighted by atomic mass is 9.67. The Bertz CT molecular complexity index is 309. The minimum atomic E-state index is 0.303. The number of rotatable bonds is 7. The molecule has 0 aromatic rings. The van der Waals surface area contributed by atoms with Crippen molar-refractivity contribution in [3.63, 3.8) is 0 Å². The lowest BCUT2D eigenvalue weighted by Gasteiger charge is -2.43. The number of hydrogen-bond acceptors (Lipinski definition) is 3. The third-order valence-electron chi connectivity index (χ3n) is 5.59. The molecule has 3 heteroatoms. The zero-order chi connectivity index (χ0) is 15.5. The Morgan fingerprint density at radius 3 is 2.38 bits per heavy atom. The molecule has 2 aliphatic rings. The first-order chi connectivity index (χ1) is 9.95. The van der Waals surface area contributed by atoms with Gasteiger partial charge in [0, 0.05) is 25.2 Å². The molecule has 0 radical (unpaired) electrons. The second kappa shape index (κ2) is 7.43. The van der Waals surface area contributed by atoms with Crippen LogP contribution in [0.4, 0.5) is 0 Å². The molecule has 124 valence electrons. The van der Waals surface area contributed by atoms with Gasteiger partial charge in [-0.1, -0.05) is 27.7 Å². The molecule has 2 saturated carbocycles. The van der Waals surface area contributed by atoms with E-state index in [0.29, 0.717) is 18.1 Å². The summed E-state index contributed by atoms with van der Waals surface area (Å²) in [7, 11) is 0. The van der Waals surface area contributed by atoms with E-state index in [-0.39, 0.29) is 0 Å². The monoisotopic (exact) mass is 296 g/mol. The van der Waals surface area contributed by atoms with Gasteiger partial charge in [0.15, 0.2) is 0 Å². The van der Waals surface area contributed by atoms with Crippen molar-refractivity contribution in [2.75, 3.05) is 26.2 Å². The Labute approximate surface area is 131 Å². The fourth-order valence-electron chi connectivity index (χ4n) is 4.08. The Balaban J connectivity index is 1.98. The van der Waals surface area contributed by atoms with Crippen molar-refractivity contribution in [3.05, 3.63) is 0 Å². The number of hydrogen-bond donors (Lipinski definition) is 2. The standard InChI is InChI=1S/C18H36N2O/c1-5-19-17-9-6-15(18(2,3)4)12-14(17)13-20(10-11-21)16-7-8-16/h14-17,19,21H,5-13H2,1-4H3. The predicted octanol–water partition coefficient (Wildman–Crippen LogP) is 2.88. The fraction of sp³-hybridized carbons (Fsp3) is 1.00. The quantitative estimate of drug-likeness (QED) is 0.758. The van der Waals surface area contributed by atoms with Gasteiger partial charge in [0.05, 0.1) is 6.61 Å². The van der Waals surface area contributed by atoms with Crippen LogP contribution >= 0.6 is 0 Å². The summed E-state index contributed by atoms with van der Waals surface area (Å²) in [6.45, 7) is 12.8. The maximum atomic E-state index is 9.34. The fourth-order valence-corrected chi connectivity index (χ4v) is 4.08. The molecule has 3 atom stereocenters. The molecule has 0 amide bonds. The molecule has 0 bridgehead atoms. The highest BCUT2D eigenvalue weighted by Gasteiger charge is 2.38. The molecular weight excluding hydrogens is 260 g/mol. The van der Waals surface area contributed by atoms with Gasteiger partial charge in [0.25, 0.3) is 0 Å². The number of aliphatic hydroxyl groups is 1. The van der Waals surface area contributed by atoms with Crippen LogP contribution in [-0.2, 0) is 0 Å². The zero-order valence-corrected chi connectivity index (χ0v) is 14.6. The summed E-state index contributed by atoms with van der Waals surface area (Å²) in [5.74, 6) is 1.59. The molecular formula is C18H36N2O. The van der Waals surface area contributed by atoms with E-state index in [2.05, 4.69) is 37.9 Å². The number of nitrogens with zero attached hydrogens (tertiary/aromatic N) is 1. The van der Waals surface area contributed by atoms with Crippen LogP contribution < -0.4 is 5.32 Å². The van der Waals surface area contributed by atoms with Crippen LogP contribution in [0, 0.1) is 17.3 Å². The molecule has 0 aromatic carbocycles. The molecule has 3 unspecified atom stereocenters. The highest BCUT2D eigenvalue weighted by molar-refractivity contribution is 4.93. The first-order valence-electron chi connectivity index (χ1n) is 9.04. The van der Waals surface area contributed by atoms with Crippen LogP contribution in [0.2, 0.25) is 0 Å². The van der Waals surface area contributed by atoms with Gasteiger partial charge in [-0.05, 0) is 55.9 Å². The number of aliphatic hydroxyl groups excluding tert-OH is 1. The molecule has 0 saturated heterocycles. The topological polar surface area (TPSA) is 35.5 Å². The summed E-state index contributed by atoms with van der Waals surface area (Å²) < 4.78 is 0. The molecule has 2 rings (SSSR count). The molecule has 0 aromatic heterocycles. The lowest BCUT2D eigenvalue weighted by molar-refractivity contribution is 0.0787. The van der Waals surface area contributed by atoms with E-state index in [0.717, 1.165) is 31.0 Å². The van der Waals surface area contributed by atoms with Crippen LogP contribution in [0.25, 0.3) is 0 Å². The second-order valence-corrected chi connectivity index (χ2v) is 8.25. The zero-order valence-electron chi connectivity index (χ0n) is 14.6. The first kappa shape index (κ1) is 17.2. The molecule has 3 nitrogen and oxygen atoms in total. The van der Waals surface area contributed by atoms with E-state index in [4.69, 9.17) is 0 Å². The summed E-state index contributed by atoms with van der Waals surface area (Å²) in [5.41, 5.74) is 0.427. The minimum absolute atomic E-state index is 0.303. The summed E-state index contributed by atoms with van der Waals surface area (Å²) >= 11 is 0. The third kappa shape index (κ3) is 4.94. The smallest absolute Gasteiger partial charge is 0.0558 e. The Morgan fingerprint density at radius 1 is 1.14 bits per heavy atom. The summed E-state index contributed by atoms with van der Waals surface area (Å²) in [6.07, 6.45) is 6.69. The SMILES string of the molecule is CCNC1CCC(C(C)(C)C)CC1CN(CCO)C1CC1. The van der Waals surface area contributed by atoms with Gasteiger partial charge in [0.2, 0.25) is 0 Å². The summed E-state index contributed by atoms with van der Waals surface area (Å²) in [4.78, 5) is 2.56. The third-order valence-corrected chi connectivity index (χ3v) is 5.59. The van der Waals surface area contributed by atoms with E-state index in [9.17, 15) is 5.11 Å². The van der Waals surface area contributed by atoms with Gasteiger partial charge >= 0.3 is 0 Å². The van der Waals surface area contributed by atoms with Crippen molar-refractivity contribution in [1.82, 2.24) is 10.2 Å². The van der Waals surface area contributed by atoms with Crippen molar-refractivity contribution >= 4 is 0 Å². The Kier molecular flexibility index (Phi) is 6.10. The highest BCUT2D eigenvalue weighted by atomic mass is 16.3. The average molecular weight is 296 g/mol. The first-order valence-corrected chi connectivity index (χ1v) is 9.04. The molecule has 2 fully saturated rings. The van der Waals surface area contributed by atoms with Gasteiger partial charge in [-0.15, -0.1) is 0 Å². The van der Waals surface area contributed by atoms with Crippen molar-refractivity contribution < 1.29 is 5.11 Å². The molecule has 2 aliphatic carbocycles. The Hall–Kier alpha value is -0.120. The molecule has 21 heavy (non-hydrogen) atoms. The van der Waals surface area contributed by atoms with Crippen LogP contribution in [0.15, 0.2) is 0 Å².